The number of carbonyl (C=O) groups excluding carboxylic acids is 1. The predicted molar refractivity (Wildman–Crippen MR) is 151 cm³/mol. The molecule has 5 heteroatoms. The second kappa shape index (κ2) is 23.8. The zero-order valence-corrected chi connectivity index (χ0v) is 23.2. The van der Waals surface area contributed by atoms with Crippen LogP contribution in [-0.4, -0.2) is 42.0 Å². The van der Waals surface area contributed by atoms with Crippen molar-refractivity contribution in [3.63, 3.8) is 0 Å². The Labute approximate surface area is 221 Å². The van der Waals surface area contributed by atoms with E-state index in [0.29, 0.717) is 6.42 Å². The van der Waals surface area contributed by atoms with Gasteiger partial charge >= 0.3 is 5.97 Å². The molecule has 1 unspecified atom stereocenters. The molecule has 0 aliphatic heterocycles. The minimum Gasteiger partial charge on any atom is -0.463 e. The molecule has 208 valence electrons. The molecule has 0 radical (unpaired) electrons. The molecule has 0 spiro atoms. The summed E-state index contributed by atoms with van der Waals surface area (Å²) in [6.07, 6.45) is 23.6. The van der Waals surface area contributed by atoms with Gasteiger partial charge in [0.2, 0.25) is 0 Å². The number of carbonyl (C=O) groups is 1. The van der Waals surface area contributed by atoms with Crippen molar-refractivity contribution in [3.8, 4) is 0 Å². The summed E-state index contributed by atoms with van der Waals surface area (Å²) in [4.78, 5) is 11.7. The van der Waals surface area contributed by atoms with Crippen LogP contribution >= 0.6 is 0 Å². The van der Waals surface area contributed by atoms with Gasteiger partial charge in [-0.25, -0.2) is 0 Å². The highest BCUT2D eigenvalue weighted by Crippen LogP contribution is 2.15. The van der Waals surface area contributed by atoms with Crippen LogP contribution in [0.3, 0.4) is 0 Å². The van der Waals surface area contributed by atoms with Crippen LogP contribution < -0.4 is 5.32 Å². The van der Waals surface area contributed by atoms with E-state index < -0.39 is 12.7 Å². The van der Waals surface area contributed by atoms with Crippen molar-refractivity contribution in [2.45, 2.75) is 135 Å². The van der Waals surface area contributed by atoms with Crippen molar-refractivity contribution in [1.29, 1.82) is 0 Å². The lowest BCUT2D eigenvalue weighted by Crippen LogP contribution is -2.22. The van der Waals surface area contributed by atoms with Crippen molar-refractivity contribution >= 4 is 11.7 Å². The first-order chi connectivity index (χ1) is 17.7. The average molecular weight is 506 g/mol. The number of nitrogens with one attached hydrogen (secondary N) is 1. The number of aryl methyl sites for hydroxylation is 1. The molecule has 36 heavy (non-hydrogen) atoms. The first-order valence-electron chi connectivity index (χ1n) is 14.9. The summed E-state index contributed by atoms with van der Waals surface area (Å²) < 4.78 is 4.92. The normalized spacial score (nSPS) is 12.0. The number of unbranched alkanes of at least 4 members (excludes halogenated alkanes) is 16. The number of esters is 1. The lowest BCUT2D eigenvalue weighted by Gasteiger charge is -2.09. The van der Waals surface area contributed by atoms with Crippen molar-refractivity contribution in [1.82, 2.24) is 0 Å². The number of aliphatic hydroxyl groups is 2. The van der Waals surface area contributed by atoms with E-state index in [1.165, 1.54) is 109 Å². The summed E-state index contributed by atoms with van der Waals surface area (Å²) in [5, 5.41) is 21.4. The third-order valence-corrected chi connectivity index (χ3v) is 6.83. The van der Waals surface area contributed by atoms with Crippen LogP contribution in [0.15, 0.2) is 24.3 Å². The largest absolute Gasteiger partial charge is 0.463 e. The summed E-state index contributed by atoms with van der Waals surface area (Å²) in [5.74, 6) is -0.358. The van der Waals surface area contributed by atoms with Crippen LogP contribution in [0.5, 0.6) is 0 Å². The molecule has 0 saturated carbocycles. The van der Waals surface area contributed by atoms with Gasteiger partial charge in [-0.1, -0.05) is 122 Å². The summed E-state index contributed by atoms with van der Waals surface area (Å²) >= 11 is 0. The van der Waals surface area contributed by atoms with Gasteiger partial charge in [0.15, 0.2) is 0 Å². The summed E-state index contributed by atoms with van der Waals surface area (Å²) in [5.41, 5.74) is 2.20. The van der Waals surface area contributed by atoms with E-state index in [9.17, 15) is 9.90 Å². The predicted octanol–water partition coefficient (Wildman–Crippen LogP) is 7.58. The number of anilines is 1. The fraction of sp³-hybridized carbons (Fsp3) is 0.774. The molecule has 3 N–H and O–H groups in total. The van der Waals surface area contributed by atoms with Crippen molar-refractivity contribution < 1.29 is 19.7 Å². The standard InChI is InChI=1S/C31H55NO4/c1-2-3-4-5-6-7-8-9-10-11-12-13-14-15-16-17-18-25-32-29-22-19-28(20-23-29)21-24-31(35)36-27-30(34)26-33/h19-20,22-23,30,32-34H,2-18,21,24-27H2,1H3. The molecule has 5 nitrogen and oxygen atoms in total. The smallest absolute Gasteiger partial charge is 0.306 e. The first-order valence-corrected chi connectivity index (χ1v) is 14.9. The number of hydrogen-bond acceptors (Lipinski definition) is 5. The summed E-state index contributed by atoms with van der Waals surface area (Å²) in [6.45, 7) is 2.73. The minimum atomic E-state index is -1.00. The van der Waals surface area contributed by atoms with E-state index >= 15 is 0 Å². The second-order valence-electron chi connectivity index (χ2n) is 10.3. The Kier molecular flexibility index (Phi) is 21.4. The SMILES string of the molecule is CCCCCCCCCCCCCCCCCCCNc1ccc(CCC(=O)OCC(O)CO)cc1. The Hall–Kier alpha value is -1.59. The minimum absolute atomic E-state index is 0.155. The van der Waals surface area contributed by atoms with E-state index in [1.54, 1.807) is 0 Å². The van der Waals surface area contributed by atoms with Gasteiger partial charge in [-0.15, -0.1) is 0 Å². The molecule has 0 fully saturated rings. The summed E-state index contributed by atoms with van der Waals surface area (Å²) in [7, 11) is 0. The lowest BCUT2D eigenvalue weighted by atomic mass is 10.0. The number of aliphatic hydroxyl groups excluding tert-OH is 2. The Balaban J connectivity index is 1.88. The van der Waals surface area contributed by atoms with Gasteiger partial charge in [0, 0.05) is 18.7 Å². The molecule has 0 aromatic heterocycles. The van der Waals surface area contributed by atoms with E-state index in [4.69, 9.17) is 9.84 Å². The molecule has 1 aromatic rings. The van der Waals surface area contributed by atoms with E-state index in [2.05, 4.69) is 24.4 Å². The quantitative estimate of drug-likeness (QED) is 0.0943. The molecule has 1 atom stereocenters. The molecular weight excluding hydrogens is 450 g/mol. The van der Waals surface area contributed by atoms with Crippen LogP contribution in [-0.2, 0) is 16.0 Å². The topological polar surface area (TPSA) is 78.8 Å². The molecule has 0 amide bonds. The fourth-order valence-corrected chi connectivity index (χ4v) is 4.43. The van der Waals surface area contributed by atoms with Crippen molar-refractivity contribution in [2.24, 2.45) is 0 Å². The van der Waals surface area contributed by atoms with Gasteiger partial charge in [0.05, 0.1) is 6.61 Å². The Morgan fingerprint density at radius 1 is 0.778 bits per heavy atom. The first kappa shape index (κ1) is 32.4. The lowest BCUT2D eigenvalue weighted by molar-refractivity contribution is -0.147. The molecular formula is C31H55NO4. The Morgan fingerprint density at radius 3 is 1.72 bits per heavy atom. The van der Waals surface area contributed by atoms with Gasteiger partial charge in [-0.05, 0) is 30.5 Å². The van der Waals surface area contributed by atoms with Gasteiger partial charge < -0.3 is 20.3 Å². The fourth-order valence-electron chi connectivity index (χ4n) is 4.43. The molecule has 0 saturated heterocycles. The third-order valence-electron chi connectivity index (χ3n) is 6.83. The molecule has 0 heterocycles. The van der Waals surface area contributed by atoms with Crippen LogP contribution in [0, 0.1) is 0 Å². The van der Waals surface area contributed by atoms with Gasteiger partial charge in [-0.2, -0.15) is 0 Å². The third kappa shape index (κ3) is 19.6. The highest BCUT2D eigenvalue weighted by Gasteiger charge is 2.08. The molecule has 0 aliphatic rings. The van der Waals surface area contributed by atoms with Crippen LogP contribution in [0.25, 0.3) is 0 Å². The molecule has 0 bridgehead atoms. The van der Waals surface area contributed by atoms with E-state index in [-0.39, 0.29) is 19.0 Å². The van der Waals surface area contributed by atoms with Crippen molar-refractivity contribution in [2.75, 3.05) is 25.1 Å². The highest BCUT2D eigenvalue weighted by molar-refractivity contribution is 5.69. The Morgan fingerprint density at radius 2 is 1.25 bits per heavy atom. The highest BCUT2D eigenvalue weighted by atomic mass is 16.5. The van der Waals surface area contributed by atoms with Gasteiger partial charge in [0.1, 0.15) is 12.7 Å². The van der Waals surface area contributed by atoms with Crippen LogP contribution in [0.1, 0.15) is 128 Å². The Bertz CT molecular complexity index is 620. The van der Waals surface area contributed by atoms with E-state index in [1.807, 2.05) is 12.1 Å². The number of rotatable bonds is 25. The molecule has 1 aromatic carbocycles. The molecule has 0 aliphatic carbocycles. The number of hydrogen-bond donors (Lipinski definition) is 3. The number of ether oxygens (including phenoxy) is 1. The van der Waals surface area contributed by atoms with Gasteiger partial charge in [-0.3, -0.25) is 4.79 Å². The van der Waals surface area contributed by atoms with E-state index in [0.717, 1.165) is 17.8 Å². The van der Waals surface area contributed by atoms with Crippen LogP contribution in [0.2, 0.25) is 0 Å². The summed E-state index contributed by atoms with van der Waals surface area (Å²) in [6, 6.07) is 8.19. The number of benzene rings is 1. The molecule has 1 rings (SSSR count). The average Bonchev–Trinajstić information content (AvgIpc) is 2.90. The zero-order chi connectivity index (χ0) is 26.1. The maximum atomic E-state index is 11.7. The monoisotopic (exact) mass is 505 g/mol. The maximum Gasteiger partial charge on any atom is 0.306 e. The zero-order valence-electron chi connectivity index (χ0n) is 23.2. The second-order valence-corrected chi connectivity index (χ2v) is 10.3. The van der Waals surface area contributed by atoms with Gasteiger partial charge in [0.25, 0.3) is 0 Å². The maximum absolute atomic E-state index is 11.7. The van der Waals surface area contributed by atoms with Crippen molar-refractivity contribution in [3.05, 3.63) is 29.8 Å². The van der Waals surface area contributed by atoms with Crippen LogP contribution in [0.4, 0.5) is 5.69 Å².